The summed E-state index contributed by atoms with van der Waals surface area (Å²) < 4.78 is 13.2. The molecular formula is C12H14FNO3. The molecule has 1 aromatic rings. The Labute approximate surface area is 98.5 Å². The summed E-state index contributed by atoms with van der Waals surface area (Å²) in [6, 6.07) is 6.07. The second-order valence-electron chi connectivity index (χ2n) is 3.62. The Morgan fingerprint density at radius 2 is 2.00 bits per heavy atom. The predicted molar refractivity (Wildman–Crippen MR) is 60.0 cm³/mol. The molecule has 0 aliphatic carbocycles. The van der Waals surface area contributed by atoms with Crippen LogP contribution in [-0.4, -0.2) is 23.5 Å². The lowest BCUT2D eigenvalue weighted by Gasteiger charge is -2.05. The van der Waals surface area contributed by atoms with E-state index in [0.29, 0.717) is 18.5 Å². The largest absolute Gasteiger partial charge is 0.481 e. The fourth-order valence-corrected chi connectivity index (χ4v) is 1.34. The molecular weight excluding hydrogens is 225 g/mol. The monoisotopic (exact) mass is 239 g/mol. The van der Waals surface area contributed by atoms with Gasteiger partial charge in [-0.05, 0) is 18.1 Å². The minimum Gasteiger partial charge on any atom is -0.481 e. The predicted octanol–water partition coefficient (Wildman–Crippen LogP) is 1.35. The van der Waals surface area contributed by atoms with Crippen LogP contribution in [0.4, 0.5) is 4.39 Å². The maximum atomic E-state index is 13.2. The lowest BCUT2D eigenvalue weighted by atomic mass is 10.1. The van der Waals surface area contributed by atoms with Crippen molar-refractivity contribution < 1.29 is 19.1 Å². The van der Waals surface area contributed by atoms with Crippen molar-refractivity contribution in [3.8, 4) is 0 Å². The maximum absolute atomic E-state index is 13.2. The minimum absolute atomic E-state index is 0.0139. The second kappa shape index (κ2) is 6.62. The van der Waals surface area contributed by atoms with E-state index in [1.54, 1.807) is 18.2 Å². The second-order valence-corrected chi connectivity index (χ2v) is 3.62. The van der Waals surface area contributed by atoms with Crippen molar-refractivity contribution in [1.29, 1.82) is 0 Å². The van der Waals surface area contributed by atoms with Crippen LogP contribution in [0.2, 0.25) is 0 Å². The van der Waals surface area contributed by atoms with Gasteiger partial charge in [0.05, 0.1) is 6.42 Å². The SMILES string of the molecule is O=C(O)CCCNC(=O)Cc1ccccc1F. The van der Waals surface area contributed by atoms with Gasteiger partial charge in [-0.25, -0.2) is 4.39 Å². The molecule has 0 aromatic heterocycles. The van der Waals surface area contributed by atoms with Crippen LogP contribution in [0.3, 0.4) is 0 Å². The lowest BCUT2D eigenvalue weighted by molar-refractivity contribution is -0.137. The smallest absolute Gasteiger partial charge is 0.303 e. The molecule has 1 aromatic carbocycles. The molecule has 17 heavy (non-hydrogen) atoms. The van der Waals surface area contributed by atoms with Crippen LogP contribution in [0.5, 0.6) is 0 Å². The van der Waals surface area contributed by atoms with Crippen LogP contribution in [0.25, 0.3) is 0 Å². The Bertz CT molecular complexity index is 406. The van der Waals surface area contributed by atoms with Gasteiger partial charge in [-0.15, -0.1) is 0 Å². The molecule has 0 aliphatic heterocycles. The highest BCUT2D eigenvalue weighted by Gasteiger charge is 2.07. The first-order chi connectivity index (χ1) is 8.09. The van der Waals surface area contributed by atoms with Gasteiger partial charge in [0.25, 0.3) is 0 Å². The van der Waals surface area contributed by atoms with Crippen molar-refractivity contribution in [2.24, 2.45) is 0 Å². The number of carbonyl (C=O) groups excluding carboxylic acids is 1. The van der Waals surface area contributed by atoms with Crippen molar-refractivity contribution >= 4 is 11.9 Å². The molecule has 1 amide bonds. The Hall–Kier alpha value is -1.91. The quantitative estimate of drug-likeness (QED) is 0.736. The average Bonchev–Trinajstić information content (AvgIpc) is 2.27. The van der Waals surface area contributed by atoms with Crippen molar-refractivity contribution in [2.45, 2.75) is 19.3 Å². The molecule has 0 bridgehead atoms. The van der Waals surface area contributed by atoms with Crippen LogP contribution in [0.1, 0.15) is 18.4 Å². The van der Waals surface area contributed by atoms with Crippen molar-refractivity contribution in [3.63, 3.8) is 0 Å². The van der Waals surface area contributed by atoms with E-state index in [9.17, 15) is 14.0 Å². The molecule has 0 saturated carbocycles. The number of rotatable bonds is 6. The van der Waals surface area contributed by atoms with Crippen molar-refractivity contribution in [2.75, 3.05) is 6.54 Å². The van der Waals surface area contributed by atoms with Crippen molar-refractivity contribution in [3.05, 3.63) is 35.6 Å². The summed E-state index contributed by atoms with van der Waals surface area (Å²) in [5.41, 5.74) is 0.336. The number of aliphatic carboxylic acids is 1. The summed E-state index contributed by atoms with van der Waals surface area (Å²) >= 11 is 0. The van der Waals surface area contributed by atoms with Gasteiger partial charge in [0.15, 0.2) is 0 Å². The number of nitrogens with one attached hydrogen (secondary N) is 1. The number of carboxylic acids is 1. The first kappa shape index (κ1) is 13.2. The first-order valence-electron chi connectivity index (χ1n) is 5.31. The Morgan fingerprint density at radius 3 is 2.65 bits per heavy atom. The zero-order valence-corrected chi connectivity index (χ0v) is 9.28. The molecule has 2 N–H and O–H groups in total. The van der Waals surface area contributed by atoms with Crippen LogP contribution >= 0.6 is 0 Å². The molecule has 0 heterocycles. The fraction of sp³-hybridized carbons (Fsp3) is 0.333. The summed E-state index contributed by atoms with van der Waals surface area (Å²) in [7, 11) is 0. The van der Waals surface area contributed by atoms with Gasteiger partial charge in [0.2, 0.25) is 5.91 Å². The van der Waals surface area contributed by atoms with E-state index in [1.807, 2.05) is 0 Å². The zero-order chi connectivity index (χ0) is 12.7. The summed E-state index contributed by atoms with van der Waals surface area (Å²) in [5.74, 6) is -1.61. The number of hydrogen-bond acceptors (Lipinski definition) is 2. The van der Waals surface area contributed by atoms with E-state index in [2.05, 4.69) is 5.32 Å². The Morgan fingerprint density at radius 1 is 1.29 bits per heavy atom. The van der Waals surface area contributed by atoms with E-state index in [0.717, 1.165) is 0 Å². The van der Waals surface area contributed by atoms with E-state index < -0.39 is 11.8 Å². The van der Waals surface area contributed by atoms with E-state index in [1.165, 1.54) is 6.07 Å². The molecule has 0 atom stereocenters. The molecule has 0 fully saturated rings. The third-order valence-electron chi connectivity index (χ3n) is 2.20. The minimum atomic E-state index is -0.895. The zero-order valence-electron chi connectivity index (χ0n) is 9.28. The number of hydrogen-bond donors (Lipinski definition) is 2. The number of amides is 1. The summed E-state index contributed by atoms with van der Waals surface area (Å²) in [6.45, 7) is 0.291. The van der Waals surface area contributed by atoms with E-state index in [-0.39, 0.29) is 18.7 Å². The van der Waals surface area contributed by atoms with Gasteiger partial charge < -0.3 is 10.4 Å². The van der Waals surface area contributed by atoms with Gasteiger partial charge in [-0.2, -0.15) is 0 Å². The third kappa shape index (κ3) is 5.10. The molecule has 0 saturated heterocycles. The number of carbonyl (C=O) groups is 2. The van der Waals surface area contributed by atoms with E-state index >= 15 is 0 Å². The summed E-state index contributed by atoms with van der Waals surface area (Å²) in [5, 5.41) is 10.9. The lowest BCUT2D eigenvalue weighted by Crippen LogP contribution is -2.26. The molecule has 5 heteroatoms. The fourth-order valence-electron chi connectivity index (χ4n) is 1.34. The van der Waals surface area contributed by atoms with Gasteiger partial charge in [0, 0.05) is 13.0 Å². The summed E-state index contributed by atoms with van der Waals surface area (Å²) in [4.78, 5) is 21.6. The van der Waals surface area contributed by atoms with Gasteiger partial charge in [-0.1, -0.05) is 18.2 Å². The maximum Gasteiger partial charge on any atom is 0.303 e. The van der Waals surface area contributed by atoms with Crippen LogP contribution in [-0.2, 0) is 16.0 Å². The molecule has 0 aliphatic rings. The molecule has 92 valence electrons. The van der Waals surface area contributed by atoms with Crippen molar-refractivity contribution in [1.82, 2.24) is 5.32 Å². The Balaban J connectivity index is 2.30. The standard InChI is InChI=1S/C12H14FNO3/c13-10-5-2-1-4-9(10)8-11(15)14-7-3-6-12(16)17/h1-2,4-5H,3,6-8H2,(H,14,15)(H,16,17). The third-order valence-corrected chi connectivity index (χ3v) is 2.20. The molecule has 0 radical (unpaired) electrons. The highest BCUT2D eigenvalue weighted by atomic mass is 19.1. The average molecular weight is 239 g/mol. The van der Waals surface area contributed by atoms with Gasteiger partial charge >= 0.3 is 5.97 Å². The van der Waals surface area contributed by atoms with E-state index in [4.69, 9.17) is 5.11 Å². The molecule has 0 unspecified atom stereocenters. The topological polar surface area (TPSA) is 66.4 Å². The van der Waals surface area contributed by atoms with Crippen LogP contribution in [0, 0.1) is 5.82 Å². The van der Waals surface area contributed by atoms with Gasteiger partial charge in [-0.3, -0.25) is 9.59 Å². The highest BCUT2D eigenvalue weighted by molar-refractivity contribution is 5.78. The summed E-state index contributed by atoms with van der Waals surface area (Å²) in [6.07, 6.45) is 0.359. The number of halogens is 1. The first-order valence-corrected chi connectivity index (χ1v) is 5.31. The molecule has 1 rings (SSSR count). The van der Waals surface area contributed by atoms with Crippen LogP contribution in [0.15, 0.2) is 24.3 Å². The molecule has 0 spiro atoms. The Kier molecular flexibility index (Phi) is 5.13. The highest BCUT2D eigenvalue weighted by Crippen LogP contribution is 2.06. The van der Waals surface area contributed by atoms with Gasteiger partial charge in [0.1, 0.15) is 5.82 Å². The molecule has 4 nitrogen and oxygen atoms in total. The van der Waals surface area contributed by atoms with Crippen LogP contribution < -0.4 is 5.32 Å². The number of benzene rings is 1. The number of carboxylic acid groups (broad SMARTS) is 1. The normalized spacial score (nSPS) is 9.94.